The van der Waals surface area contributed by atoms with Gasteiger partial charge in [-0.05, 0) is 18.6 Å². The molecule has 0 aliphatic heterocycles. The first-order valence-corrected chi connectivity index (χ1v) is 6.73. The molecule has 0 spiro atoms. The fraction of sp³-hybridized carbons (Fsp3) is 0.385. The summed E-state index contributed by atoms with van der Waals surface area (Å²) < 4.78 is 7.40. The summed E-state index contributed by atoms with van der Waals surface area (Å²) in [7, 11) is 0. The van der Waals surface area contributed by atoms with E-state index in [1.54, 1.807) is 16.8 Å². The average molecular weight is 297 g/mol. The van der Waals surface area contributed by atoms with E-state index in [0.29, 0.717) is 36.0 Å². The number of aliphatic hydroxyl groups excluding tert-OH is 1. The van der Waals surface area contributed by atoms with Gasteiger partial charge in [-0.3, -0.25) is 0 Å². The Balaban J connectivity index is 2.11. The molecule has 0 radical (unpaired) electrons. The van der Waals surface area contributed by atoms with Crippen molar-refractivity contribution in [2.75, 3.05) is 6.61 Å². The van der Waals surface area contributed by atoms with Crippen molar-refractivity contribution in [2.24, 2.45) is 5.73 Å². The number of nitrogens with zero attached hydrogens (tertiary/aromatic N) is 3. The standard InChI is InChI=1S/C13H17ClN4O2/c14-10-4-1-2-5-13(10)20-9-12-11(8-15)16-17-18(12)6-3-7-19/h1-2,4-5,19H,3,6-9,15H2. The smallest absolute Gasteiger partial charge is 0.138 e. The molecule has 6 nitrogen and oxygen atoms in total. The Labute approximate surface area is 122 Å². The topological polar surface area (TPSA) is 86.2 Å². The van der Waals surface area contributed by atoms with Crippen molar-refractivity contribution in [2.45, 2.75) is 26.1 Å². The van der Waals surface area contributed by atoms with Gasteiger partial charge < -0.3 is 15.6 Å². The highest BCUT2D eigenvalue weighted by molar-refractivity contribution is 6.32. The minimum absolute atomic E-state index is 0.0998. The SMILES string of the molecule is NCc1nnn(CCCO)c1COc1ccccc1Cl. The molecule has 2 rings (SSSR count). The summed E-state index contributed by atoms with van der Waals surface area (Å²) >= 11 is 6.04. The van der Waals surface area contributed by atoms with Crippen molar-refractivity contribution in [1.29, 1.82) is 0 Å². The van der Waals surface area contributed by atoms with Gasteiger partial charge in [-0.2, -0.15) is 0 Å². The Morgan fingerprint density at radius 2 is 2.15 bits per heavy atom. The summed E-state index contributed by atoms with van der Waals surface area (Å²) in [6.45, 7) is 1.25. The van der Waals surface area contributed by atoms with E-state index in [1.807, 2.05) is 12.1 Å². The van der Waals surface area contributed by atoms with Crippen LogP contribution >= 0.6 is 11.6 Å². The Morgan fingerprint density at radius 1 is 1.35 bits per heavy atom. The van der Waals surface area contributed by atoms with Crippen LogP contribution in [0.2, 0.25) is 5.02 Å². The Bertz CT molecular complexity index is 559. The first-order valence-electron chi connectivity index (χ1n) is 6.35. The molecular weight excluding hydrogens is 280 g/mol. The molecule has 0 atom stereocenters. The van der Waals surface area contributed by atoms with E-state index >= 15 is 0 Å². The Hall–Kier alpha value is -1.63. The predicted octanol–water partition coefficient (Wildman–Crippen LogP) is 1.35. The molecule has 0 bridgehead atoms. The lowest BCUT2D eigenvalue weighted by molar-refractivity contribution is 0.265. The number of ether oxygens (including phenoxy) is 1. The summed E-state index contributed by atoms with van der Waals surface area (Å²) in [4.78, 5) is 0. The van der Waals surface area contributed by atoms with Crippen LogP contribution in [-0.4, -0.2) is 26.7 Å². The molecule has 1 heterocycles. The molecule has 0 saturated carbocycles. The first kappa shape index (κ1) is 14.8. The summed E-state index contributed by atoms with van der Waals surface area (Å²) in [6, 6.07) is 7.26. The largest absolute Gasteiger partial charge is 0.486 e. The van der Waals surface area contributed by atoms with E-state index in [4.69, 9.17) is 27.2 Å². The van der Waals surface area contributed by atoms with Crippen LogP contribution in [0.3, 0.4) is 0 Å². The summed E-state index contributed by atoms with van der Waals surface area (Å²) in [5.41, 5.74) is 7.14. The molecule has 108 valence electrons. The van der Waals surface area contributed by atoms with Crippen molar-refractivity contribution in [1.82, 2.24) is 15.0 Å². The van der Waals surface area contributed by atoms with Crippen LogP contribution < -0.4 is 10.5 Å². The van der Waals surface area contributed by atoms with E-state index in [1.165, 1.54) is 0 Å². The number of rotatable bonds is 7. The predicted molar refractivity (Wildman–Crippen MR) is 75.4 cm³/mol. The van der Waals surface area contributed by atoms with Crippen molar-refractivity contribution in [3.8, 4) is 5.75 Å². The molecule has 20 heavy (non-hydrogen) atoms. The monoisotopic (exact) mass is 296 g/mol. The lowest BCUT2D eigenvalue weighted by Gasteiger charge is -2.10. The number of aliphatic hydroxyl groups is 1. The summed E-state index contributed by atoms with van der Waals surface area (Å²) in [6.07, 6.45) is 0.604. The number of halogens is 1. The maximum Gasteiger partial charge on any atom is 0.138 e. The number of hydrogen-bond acceptors (Lipinski definition) is 5. The van der Waals surface area contributed by atoms with Gasteiger partial charge >= 0.3 is 0 Å². The lowest BCUT2D eigenvalue weighted by Crippen LogP contribution is -2.11. The van der Waals surface area contributed by atoms with Gasteiger partial charge in [0.25, 0.3) is 0 Å². The van der Waals surface area contributed by atoms with Gasteiger partial charge in [-0.25, -0.2) is 4.68 Å². The number of aryl methyl sites for hydroxylation is 1. The van der Waals surface area contributed by atoms with Gasteiger partial charge in [0.1, 0.15) is 23.7 Å². The molecule has 2 aromatic rings. The normalized spacial score (nSPS) is 10.8. The molecule has 0 saturated heterocycles. The molecule has 7 heteroatoms. The summed E-state index contributed by atoms with van der Waals surface area (Å²) in [5.74, 6) is 0.604. The quantitative estimate of drug-likeness (QED) is 0.805. The van der Waals surface area contributed by atoms with Gasteiger partial charge in [0.15, 0.2) is 0 Å². The third kappa shape index (κ3) is 3.47. The van der Waals surface area contributed by atoms with Crippen LogP contribution in [0.5, 0.6) is 5.75 Å². The van der Waals surface area contributed by atoms with Crippen LogP contribution in [0.15, 0.2) is 24.3 Å². The molecule has 0 amide bonds. The molecular formula is C13H17ClN4O2. The third-order valence-corrected chi connectivity index (χ3v) is 3.15. The maximum absolute atomic E-state index is 8.89. The minimum Gasteiger partial charge on any atom is -0.486 e. The number of benzene rings is 1. The van der Waals surface area contributed by atoms with Gasteiger partial charge in [0.05, 0.1) is 5.02 Å². The molecule has 0 unspecified atom stereocenters. The zero-order valence-electron chi connectivity index (χ0n) is 11.0. The fourth-order valence-electron chi connectivity index (χ4n) is 1.79. The van der Waals surface area contributed by atoms with Crippen molar-refractivity contribution in [3.05, 3.63) is 40.7 Å². The molecule has 0 fully saturated rings. The van der Waals surface area contributed by atoms with E-state index in [2.05, 4.69) is 10.3 Å². The van der Waals surface area contributed by atoms with Gasteiger partial charge in [0, 0.05) is 19.7 Å². The van der Waals surface area contributed by atoms with E-state index < -0.39 is 0 Å². The zero-order valence-corrected chi connectivity index (χ0v) is 11.8. The fourth-order valence-corrected chi connectivity index (χ4v) is 1.98. The van der Waals surface area contributed by atoms with E-state index in [0.717, 1.165) is 5.69 Å². The van der Waals surface area contributed by atoms with Crippen molar-refractivity contribution < 1.29 is 9.84 Å². The van der Waals surface area contributed by atoms with E-state index in [9.17, 15) is 0 Å². The Kier molecular flexibility index (Phi) is 5.34. The van der Waals surface area contributed by atoms with Crippen molar-refractivity contribution in [3.63, 3.8) is 0 Å². The number of hydrogen-bond donors (Lipinski definition) is 2. The van der Waals surface area contributed by atoms with E-state index in [-0.39, 0.29) is 13.2 Å². The third-order valence-electron chi connectivity index (χ3n) is 2.84. The average Bonchev–Trinajstić information content (AvgIpc) is 2.86. The Morgan fingerprint density at radius 3 is 2.85 bits per heavy atom. The van der Waals surface area contributed by atoms with Crippen LogP contribution in [0.1, 0.15) is 17.8 Å². The summed E-state index contributed by atoms with van der Waals surface area (Å²) in [5, 5.41) is 17.5. The number of para-hydroxylation sites is 1. The minimum atomic E-state index is 0.0998. The van der Waals surface area contributed by atoms with Gasteiger partial charge in [-0.15, -0.1) is 5.10 Å². The highest BCUT2D eigenvalue weighted by Crippen LogP contribution is 2.24. The van der Waals surface area contributed by atoms with Crippen LogP contribution in [0.25, 0.3) is 0 Å². The van der Waals surface area contributed by atoms with Gasteiger partial charge in [0.2, 0.25) is 0 Å². The van der Waals surface area contributed by atoms with Crippen molar-refractivity contribution >= 4 is 11.6 Å². The van der Waals surface area contributed by atoms with Gasteiger partial charge in [-0.1, -0.05) is 28.9 Å². The van der Waals surface area contributed by atoms with Crippen LogP contribution in [0.4, 0.5) is 0 Å². The molecule has 3 N–H and O–H groups in total. The molecule has 0 aliphatic carbocycles. The lowest BCUT2D eigenvalue weighted by atomic mass is 10.3. The second-order valence-electron chi connectivity index (χ2n) is 4.21. The molecule has 0 aliphatic rings. The second kappa shape index (κ2) is 7.23. The first-order chi connectivity index (χ1) is 9.76. The zero-order chi connectivity index (χ0) is 14.4. The maximum atomic E-state index is 8.89. The second-order valence-corrected chi connectivity index (χ2v) is 4.61. The molecule has 1 aromatic carbocycles. The molecule has 1 aromatic heterocycles. The highest BCUT2D eigenvalue weighted by atomic mass is 35.5. The highest BCUT2D eigenvalue weighted by Gasteiger charge is 2.13. The van der Waals surface area contributed by atoms with Crippen LogP contribution in [0, 0.1) is 0 Å². The van der Waals surface area contributed by atoms with Crippen LogP contribution in [-0.2, 0) is 19.7 Å². The number of aromatic nitrogens is 3. The number of nitrogens with two attached hydrogens (primary N) is 1.